The average Bonchev–Trinajstić information content (AvgIpc) is 3.15. The van der Waals surface area contributed by atoms with Crippen LogP contribution in [-0.4, -0.2) is 42.9 Å². The molecular weight excluding hydrogens is 458 g/mol. The lowest BCUT2D eigenvalue weighted by atomic mass is 10.2. The predicted molar refractivity (Wildman–Crippen MR) is 132 cm³/mol. The molecule has 1 aromatic heterocycles. The third-order valence-corrected chi connectivity index (χ3v) is 8.36. The van der Waals surface area contributed by atoms with E-state index in [4.69, 9.17) is 4.74 Å². The number of rotatable bonds is 10. The number of ether oxygens (including phenoxy) is 1. The molecule has 0 unspecified atom stereocenters. The number of hydrogen-bond acceptors (Lipinski definition) is 5. The molecule has 0 aliphatic rings. The predicted octanol–water partition coefficient (Wildman–Crippen LogP) is 4.67. The molecule has 0 N–H and O–H groups in total. The molecule has 0 saturated heterocycles. The summed E-state index contributed by atoms with van der Waals surface area (Å²) in [5.74, 6) is 0.375. The first-order valence-electron chi connectivity index (χ1n) is 11.3. The second-order valence-electron chi connectivity index (χ2n) is 7.48. The van der Waals surface area contributed by atoms with Crippen molar-refractivity contribution < 1.29 is 17.9 Å². The van der Waals surface area contributed by atoms with Crippen molar-refractivity contribution >= 4 is 37.5 Å². The van der Waals surface area contributed by atoms with Crippen molar-refractivity contribution in [1.29, 1.82) is 0 Å². The van der Waals surface area contributed by atoms with Gasteiger partial charge in [-0.15, -0.1) is 0 Å². The van der Waals surface area contributed by atoms with E-state index in [9.17, 15) is 13.2 Å². The molecule has 0 bridgehead atoms. The molecule has 0 spiro atoms. The molecule has 0 atom stereocenters. The second kappa shape index (κ2) is 11.1. The molecule has 3 aromatic rings. The molecule has 7 nitrogen and oxygen atoms in total. The van der Waals surface area contributed by atoms with Crippen LogP contribution in [0.5, 0.6) is 5.75 Å². The van der Waals surface area contributed by atoms with Crippen LogP contribution < -0.4 is 9.54 Å². The third-order valence-electron chi connectivity index (χ3n) is 5.33. The monoisotopic (exact) mass is 489 g/mol. The summed E-state index contributed by atoms with van der Waals surface area (Å²) in [5.41, 5.74) is 1.34. The highest BCUT2D eigenvalue weighted by Gasteiger charge is 2.22. The SMILES string of the molecule is CCCCN(CC)S(=O)(=O)c1ccc(C(=O)N=c2sc3cc(OCC)ccc3n2CC)cc1. The maximum Gasteiger partial charge on any atom is 0.279 e. The normalized spacial score (nSPS) is 12.6. The second-order valence-corrected chi connectivity index (χ2v) is 10.4. The van der Waals surface area contributed by atoms with Gasteiger partial charge in [0.25, 0.3) is 5.91 Å². The summed E-state index contributed by atoms with van der Waals surface area (Å²) in [6.07, 6.45) is 1.73. The van der Waals surface area contributed by atoms with Gasteiger partial charge in [-0.1, -0.05) is 31.6 Å². The van der Waals surface area contributed by atoms with Crippen molar-refractivity contribution in [3.05, 3.63) is 52.8 Å². The van der Waals surface area contributed by atoms with E-state index < -0.39 is 15.9 Å². The van der Waals surface area contributed by atoms with Crippen molar-refractivity contribution in [3.8, 4) is 5.75 Å². The molecule has 0 aliphatic carbocycles. The van der Waals surface area contributed by atoms with Gasteiger partial charge in [0.15, 0.2) is 4.80 Å². The van der Waals surface area contributed by atoms with E-state index in [-0.39, 0.29) is 4.90 Å². The van der Waals surface area contributed by atoms with Crippen molar-refractivity contribution in [2.45, 2.75) is 52.0 Å². The Labute approximate surface area is 199 Å². The third kappa shape index (κ3) is 5.54. The van der Waals surface area contributed by atoms with Gasteiger partial charge in [0.05, 0.1) is 21.7 Å². The highest BCUT2D eigenvalue weighted by Crippen LogP contribution is 2.24. The summed E-state index contributed by atoms with van der Waals surface area (Å²) in [7, 11) is -3.58. The maximum absolute atomic E-state index is 12.9. The van der Waals surface area contributed by atoms with Crippen molar-refractivity contribution in [2.24, 2.45) is 4.99 Å². The summed E-state index contributed by atoms with van der Waals surface area (Å²) < 4.78 is 35.8. The largest absolute Gasteiger partial charge is 0.494 e. The summed E-state index contributed by atoms with van der Waals surface area (Å²) >= 11 is 1.43. The minimum absolute atomic E-state index is 0.186. The molecule has 2 aromatic carbocycles. The van der Waals surface area contributed by atoms with Gasteiger partial charge in [-0.3, -0.25) is 4.79 Å². The topological polar surface area (TPSA) is 81.0 Å². The van der Waals surface area contributed by atoms with Gasteiger partial charge in [-0.25, -0.2) is 8.42 Å². The Morgan fingerprint density at radius 1 is 1.09 bits per heavy atom. The number of benzene rings is 2. The molecule has 0 fully saturated rings. The van der Waals surface area contributed by atoms with Gasteiger partial charge < -0.3 is 9.30 Å². The van der Waals surface area contributed by atoms with Crippen LogP contribution in [0.4, 0.5) is 0 Å². The van der Waals surface area contributed by atoms with Crippen LogP contribution in [0.15, 0.2) is 52.4 Å². The van der Waals surface area contributed by atoms with Gasteiger partial charge in [-0.05, 0) is 62.7 Å². The number of unbranched alkanes of at least 4 members (excludes halogenated alkanes) is 1. The number of thiazole rings is 1. The zero-order valence-corrected chi connectivity index (χ0v) is 21.2. The maximum atomic E-state index is 12.9. The first-order chi connectivity index (χ1) is 15.8. The van der Waals surface area contributed by atoms with Crippen molar-refractivity contribution in [3.63, 3.8) is 0 Å². The number of nitrogens with zero attached hydrogens (tertiary/aromatic N) is 3. The highest BCUT2D eigenvalue weighted by atomic mass is 32.2. The minimum Gasteiger partial charge on any atom is -0.494 e. The van der Waals surface area contributed by atoms with Crippen LogP contribution in [0.2, 0.25) is 0 Å². The van der Waals surface area contributed by atoms with E-state index in [2.05, 4.69) is 4.99 Å². The molecule has 9 heteroatoms. The number of hydrogen-bond donors (Lipinski definition) is 0. The van der Waals surface area contributed by atoms with E-state index in [0.29, 0.717) is 36.6 Å². The van der Waals surface area contributed by atoms with E-state index in [1.807, 2.05) is 50.5 Å². The molecule has 0 aliphatic heterocycles. The van der Waals surface area contributed by atoms with E-state index in [0.717, 1.165) is 28.8 Å². The first kappa shape index (κ1) is 25.1. The molecule has 1 heterocycles. The van der Waals surface area contributed by atoms with Crippen LogP contribution in [0.1, 0.15) is 50.9 Å². The molecular formula is C24H31N3O4S2. The van der Waals surface area contributed by atoms with Crippen molar-refractivity contribution in [2.75, 3.05) is 19.7 Å². The number of carbonyl (C=O) groups is 1. The summed E-state index contributed by atoms with van der Waals surface area (Å²) in [6.45, 7) is 9.94. The number of sulfonamides is 1. The fraction of sp³-hybridized carbons (Fsp3) is 0.417. The van der Waals surface area contributed by atoms with Gasteiger partial charge in [-0.2, -0.15) is 9.30 Å². The summed E-state index contributed by atoms with van der Waals surface area (Å²) in [4.78, 5) is 18.0. The standard InChI is InChI=1S/C24H31N3O4S2/c1-5-9-16-26(6-2)33(29,30)20-13-10-18(11-14-20)23(28)25-24-27(7-3)21-15-12-19(31-8-4)17-22(21)32-24/h10-15,17H,5-9,16H2,1-4H3. The minimum atomic E-state index is -3.58. The Bertz CT molecular complexity index is 1280. The molecule has 178 valence electrons. The Balaban J connectivity index is 1.91. The molecule has 0 saturated carbocycles. The Kier molecular flexibility index (Phi) is 8.45. The van der Waals surface area contributed by atoms with Gasteiger partial charge >= 0.3 is 0 Å². The lowest BCUT2D eigenvalue weighted by Gasteiger charge is -2.20. The lowest BCUT2D eigenvalue weighted by Crippen LogP contribution is -2.31. The Hall–Kier alpha value is -2.49. The molecule has 1 amide bonds. The Morgan fingerprint density at radius 3 is 2.42 bits per heavy atom. The smallest absolute Gasteiger partial charge is 0.279 e. The van der Waals surface area contributed by atoms with Gasteiger partial charge in [0.2, 0.25) is 10.0 Å². The van der Waals surface area contributed by atoms with E-state index >= 15 is 0 Å². The van der Waals surface area contributed by atoms with E-state index in [1.165, 1.54) is 39.9 Å². The van der Waals surface area contributed by atoms with Crippen LogP contribution in [-0.2, 0) is 16.6 Å². The number of amides is 1. The quantitative estimate of drug-likeness (QED) is 0.414. The van der Waals surface area contributed by atoms with E-state index in [1.54, 1.807) is 0 Å². The Morgan fingerprint density at radius 2 is 1.82 bits per heavy atom. The summed E-state index contributed by atoms with van der Waals surface area (Å²) in [5, 5.41) is 0. The number of aryl methyl sites for hydroxylation is 1. The molecule has 0 radical (unpaired) electrons. The van der Waals surface area contributed by atoms with Crippen LogP contribution in [0.25, 0.3) is 10.2 Å². The molecule has 3 rings (SSSR count). The number of carbonyl (C=O) groups excluding carboxylic acids is 1. The first-order valence-corrected chi connectivity index (χ1v) is 13.6. The zero-order valence-electron chi connectivity index (χ0n) is 19.6. The van der Waals surface area contributed by atoms with Gasteiger partial charge in [0, 0.05) is 25.2 Å². The van der Waals surface area contributed by atoms with Crippen LogP contribution >= 0.6 is 11.3 Å². The molecule has 33 heavy (non-hydrogen) atoms. The lowest BCUT2D eigenvalue weighted by molar-refractivity contribution is 0.0997. The number of aromatic nitrogens is 1. The number of fused-ring (bicyclic) bond motifs is 1. The fourth-order valence-electron chi connectivity index (χ4n) is 3.55. The van der Waals surface area contributed by atoms with Gasteiger partial charge in [0.1, 0.15) is 5.75 Å². The average molecular weight is 490 g/mol. The fourth-order valence-corrected chi connectivity index (χ4v) is 6.16. The van der Waals surface area contributed by atoms with Crippen molar-refractivity contribution in [1.82, 2.24) is 8.87 Å². The highest BCUT2D eigenvalue weighted by molar-refractivity contribution is 7.89. The van der Waals surface area contributed by atoms with Crippen LogP contribution in [0.3, 0.4) is 0 Å². The zero-order chi connectivity index (χ0) is 24.0. The summed E-state index contributed by atoms with van der Waals surface area (Å²) in [6, 6.07) is 11.9. The van der Waals surface area contributed by atoms with Crippen LogP contribution in [0, 0.1) is 0 Å².